The molecular formula is C19H13NO2. The zero-order valence-electron chi connectivity index (χ0n) is 12.0. The minimum Gasteiger partial charge on any atom is -0.422 e. The van der Waals surface area contributed by atoms with Gasteiger partial charge in [-0.25, -0.2) is 4.79 Å². The summed E-state index contributed by atoms with van der Waals surface area (Å²) >= 11 is 0. The molecule has 2 aromatic rings. The van der Waals surface area contributed by atoms with Crippen LogP contribution in [-0.2, 0) is 0 Å². The number of aromatic nitrogens is 1. The Morgan fingerprint density at radius 3 is 2.45 bits per heavy atom. The molecule has 4 rings (SSSR count). The van der Waals surface area contributed by atoms with Gasteiger partial charge in [0, 0.05) is 29.4 Å². The third-order valence-electron chi connectivity index (χ3n) is 3.93. The van der Waals surface area contributed by atoms with Gasteiger partial charge >= 0.3 is 5.63 Å². The van der Waals surface area contributed by atoms with Crippen LogP contribution >= 0.6 is 0 Å². The van der Waals surface area contributed by atoms with Crippen LogP contribution in [0.5, 0.6) is 0 Å². The lowest BCUT2D eigenvalue weighted by molar-refractivity contribution is 0.562. The van der Waals surface area contributed by atoms with Crippen LogP contribution in [0.15, 0.2) is 70.1 Å². The largest absolute Gasteiger partial charge is 0.422 e. The van der Waals surface area contributed by atoms with Crippen LogP contribution in [0.25, 0.3) is 33.2 Å². The molecule has 0 saturated heterocycles. The molecule has 0 aliphatic heterocycles. The lowest BCUT2D eigenvalue weighted by atomic mass is 10.0. The van der Waals surface area contributed by atoms with Gasteiger partial charge in [-0.3, -0.25) is 4.98 Å². The molecule has 0 amide bonds. The van der Waals surface area contributed by atoms with Crippen molar-refractivity contribution < 1.29 is 4.42 Å². The van der Waals surface area contributed by atoms with E-state index in [1.165, 1.54) is 0 Å². The van der Waals surface area contributed by atoms with Gasteiger partial charge in [-0.05, 0) is 41.3 Å². The first kappa shape index (κ1) is 12.8. The molecule has 22 heavy (non-hydrogen) atoms. The second-order valence-corrected chi connectivity index (χ2v) is 5.30. The van der Waals surface area contributed by atoms with Gasteiger partial charge in [-0.15, -0.1) is 0 Å². The third kappa shape index (κ3) is 1.83. The van der Waals surface area contributed by atoms with Crippen LogP contribution in [0.2, 0.25) is 0 Å². The Hall–Kier alpha value is -2.94. The molecule has 0 atom stereocenters. The summed E-state index contributed by atoms with van der Waals surface area (Å²) in [5, 5.41) is 0.998. The highest BCUT2D eigenvalue weighted by atomic mass is 16.4. The zero-order valence-corrected chi connectivity index (χ0v) is 12.0. The molecule has 0 saturated carbocycles. The maximum absolute atomic E-state index is 11.8. The average Bonchev–Trinajstić information content (AvgIpc) is 2.66. The van der Waals surface area contributed by atoms with E-state index in [1.54, 1.807) is 18.5 Å². The molecule has 0 unspecified atom stereocenters. The maximum Gasteiger partial charge on any atom is 0.336 e. The highest BCUT2D eigenvalue weighted by molar-refractivity contribution is 6.13. The highest BCUT2D eigenvalue weighted by Gasteiger charge is 2.21. The molecular weight excluding hydrogens is 274 g/mol. The van der Waals surface area contributed by atoms with E-state index in [9.17, 15) is 4.79 Å². The predicted octanol–water partition coefficient (Wildman–Crippen LogP) is 4.27. The van der Waals surface area contributed by atoms with Gasteiger partial charge in [0.05, 0.1) is 0 Å². The minimum atomic E-state index is -0.319. The smallest absolute Gasteiger partial charge is 0.336 e. The third-order valence-corrected chi connectivity index (χ3v) is 3.93. The summed E-state index contributed by atoms with van der Waals surface area (Å²) in [6, 6.07) is 15.5. The Morgan fingerprint density at radius 1 is 0.955 bits per heavy atom. The zero-order chi connectivity index (χ0) is 15.1. The fourth-order valence-electron chi connectivity index (χ4n) is 3.03. The molecule has 106 valence electrons. The van der Waals surface area contributed by atoms with Gasteiger partial charge in [0.15, 0.2) is 0 Å². The molecule has 0 radical (unpaired) electrons. The van der Waals surface area contributed by atoms with Crippen molar-refractivity contribution in [3.63, 3.8) is 0 Å². The molecule has 3 nitrogen and oxygen atoms in total. The second-order valence-electron chi connectivity index (χ2n) is 5.30. The Kier molecular flexibility index (Phi) is 2.79. The monoisotopic (exact) mass is 287 g/mol. The van der Waals surface area contributed by atoms with Crippen LogP contribution in [0.3, 0.4) is 0 Å². The van der Waals surface area contributed by atoms with E-state index < -0.39 is 0 Å². The Labute approximate surface area is 127 Å². The summed E-state index contributed by atoms with van der Waals surface area (Å²) in [4.78, 5) is 15.9. The van der Waals surface area contributed by atoms with E-state index in [4.69, 9.17) is 4.42 Å². The topological polar surface area (TPSA) is 43.1 Å². The van der Waals surface area contributed by atoms with Crippen molar-refractivity contribution in [2.75, 3.05) is 0 Å². The molecule has 2 heterocycles. The van der Waals surface area contributed by atoms with Crippen LogP contribution < -0.4 is 5.63 Å². The first-order valence-corrected chi connectivity index (χ1v) is 7.11. The first-order valence-electron chi connectivity index (χ1n) is 7.11. The summed E-state index contributed by atoms with van der Waals surface area (Å²) in [5.41, 5.74) is 5.37. The van der Waals surface area contributed by atoms with E-state index in [0.717, 1.165) is 33.2 Å². The number of nitrogens with zero attached hydrogens (tertiary/aromatic N) is 1. The summed E-state index contributed by atoms with van der Waals surface area (Å²) in [7, 11) is 0. The number of fused-ring (bicyclic) bond motifs is 3. The van der Waals surface area contributed by atoms with E-state index in [1.807, 2.05) is 37.3 Å². The number of rotatable bonds is 1. The van der Waals surface area contributed by atoms with Crippen molar-refractivity contribution in [2.45, 2.75) is 6.92 Å². The van der Waals surface area contributed by atoms with Gasteiger partial charge in [-0.2, -0.15) is 0 Å². The normalized spacial score (nSPS) is 11.1. The summed E-state index contributed by atoms with van der Waals surface area (Å²) in [6.07, 6.45) is 3.49. The summed E-state index contributed by atoms with van der Waals surface area (Å²) in [6.45, 7) is 1.95. The Morgan fingerprint density at radius 2 is 1.68 bits per heavy atom. The summed E-state index contributed by atoms with van der Waals surface area (Å²) in [5.74, 6) is 0. The number of pyridine rings is 1. The molecule has 2 aliphatic rings. The molecule has 0 aromatic carbocycles. The van der Waals surface area contributed by atoms with Gasteiger partial charge in [0.2, 0.25) is 0 Å². The number of hydrogen-bond donors (Lipinski definition) is 0. The molecule has 2 aromatic heterocycles. The van der Waals surface area contributed by atoms with Crippen molar-refractivity contribution in [3.8, 4) is 22.3 Å². The molecule has 3 heteroatoms. The average molecular weight is 287 g/mol. The summed E-state index contributed by atoms with van der Waals surface area (Å²) < 4.78 is 5.57. The molecule has 0 spiro atoms. The van der Waals surface area contributed by atoms with E-state index in [-0.39, 0.29) is 5.63 Å². The second kappa shape index (κ2) is 4.81. The standard InChI is InChI=1S/C19H13NO2/c1-12-11-16(21)22-19-17(12)14-5-3-2-4-6-15(14)18(19)13-7-9-20-10-8-13/h2-11H,1H3. The lowest BCUT2D eigenvalue weighted by Gasteiger charge is -2.01. The molecule has 0 bridgehead atoms. The lowest BCUT2D eigenvalue weighted by Crippen LogP contribution is -1.96. The maximum atomic E-state index is 11.8. The van der Waals surface area contributed by atoms with Gasteiger partial charge in [0.1, 0.15) is 5.58 Å². The van der Waals surface area contributed by atoms with Crippen LogP contribution in [0, 0.1) is 6.92 Å². The van der Waals surface area contributed by atoms with E-state index >= 15 is 0 Å². The van der Waals surface area contributed by atoms with Crippen molar-refractivity contribution >= 4 is 11.0 Å². The van der Waals surface area contributed by atoms with Crippen molar-refractivity contribution in [1.82, 2.24) is 4.98 Å². The van der Waals surface area contributed by atoms with Gasteiger partial charge < -0.3 is 4.42 Å². The van der Waals surface area contributed by atoms with Gasteiger partial charge in [0.25, 0.3) is 0 Å². The number of aryl methyl sites for hydroxylation is 1. The fraction of sp³-hybridized carbons (Fsp3) is 0.0526. The van der Waals surface area contributed by atoms with Crippen molar-refractivity contribution in [2.24, 2.45) is 0 Å². The van der Waals surface area contributed by atoms with E-state index in [0.29, 0.717) is 5.58 Å². The van der Waals surface area contributed by atoms with Crippen LogP contribution in [0.4, 0.5) is 0 Å². The highest BCUT2D eigenvalue weighted by Crippen LogP contribution is 2.44. The van der Waals surface area contributed by atoms with Crippen molar-refractivity contribution in [1.29, 1.82) is 0 Å². The van der Waals surface area contributed by atoms with Crippen LogP contribution in [0.1, 0.15) is 5.56 Å². The van der Waals surface area contributed by atoms with Gasteiger partial charge in [-0.1, -0.05) is 30.3 Å². The quantitative estimate of drug-likeness (QED) is 0.525. The van der Waals surface area contributed by atoms with Crippen LogP contribution in [-0.4, -0.2) is 4.98 Å². The predicted molar refractivity (Wildman–Crippen MR) is 87.1 cm³/mol. The Bertz CT molecular complexity index is 1000. The molecule has 0 N–H and O–H groups in total. The SMILES string of the molecule is Cc1cc(=O)oc2c(-c3ccncc3)c3cccccc-3c12. The number of hydrogen-bond acceptors (Lipinski definition) is 3. The van der Waals surface area contributed by atoms with E-state index in [2.05, 4.69) is 17.1 Å². The minimum absolute atomic E-state index is 0.319. The molecule has 0 fully saturated rings. The Balaban J connectivity index is 2.26. The fourth-order valence-corrected chi connectivity index (χ4v) is 3.03. The van der Waals surface area contributed by atoms with Crippen molar-refractivity contribution in [3.05, 3.63) is 76.9 Å². The first-order chi connectivity index (χ1) is 10.8. The molecule has 2 aliphatic carbocycles.